The number of hydrogen-bond acceptors (Lipinski definition) is 6. The quantitative estimate of drug-likeness (QED) is 0.312. The van der Waals surface area contributed by atoms with Crippen molar-refractivity contribution in [3.63, 3.8) is 0 Å². The van der Waals surface area contributed by atoms with Crippen LogP contribution in [0.1, 0.15) is 64.7 Å². The SMILES string of the molecule is CC(C)(C)CC(=O)c1ccc(OCc2ccc(CN)cc2Cl)c(C(F)(F)F)c1O.Cn1cnc(C(=O)O)c1. The molecule has 38 heavy (non-hydrogen) atoms. The summed E-state index contributed by atoms with van der Waals surface area (Å²) in [6.45, 7) is 5.37. The number of aromatic nitrogens is 2. The second-order valence-electron chi connectivity index (χ2n) is 9.64. The summed E-state index contributed by atoms with van der Waals surface area (Å²) in [6.07, 6.45) is -2.03. The fourth-order valence-corrected chi connectivity index (χ4v) is 3.54. The number of Topliss-reactive ketones (excluding diaryl/α,β-unsaturated/α-hetero) is 1. The topological polar surface area (TPSA) is 128 Å². The van der Waals surface area contributed by atoms with Crippen molar-refractivity contribution in [2.75, 3.05) is 0 Å². The van der Waals surface area contributed by atoms with E-state index in [1.54, 1.807) is 50.6 Å². The molecule has 3 aromatic rings. The Morgan fingerprint density at radius 1 is 1.16 bits per heavy atom. The average molecular weight is 556 g/mol. The number of nitrogens with zero attached hydrogens (tertiary/aromatic N) is 2. The Bertz CT molecular complexity index is 1300. The summed E-state index contributed by atoms with van der Waals surface area (Å²) in [5, 5.41) is 18.9. The van der Waals surface area contributed by atoms with Gasteiger partial charge in [0.25, 0.3) is 0 Å². The highest BCUT2D eigenvalue weighted by Gasteiger charge is 2.40. The number of phenols is 1. The van der Waals surface area contributed by atoms with E-state index >= 15 is 0 Å². The van der Waals surface area contributed by atoms with E-state index < -0.39 is 40.4 Å². The summed E-state index contributed by atoms with van der Waals surface area (Å²) in [6, 6.07) is 7.10. The fourth-order valence-electron chi connectivity index (χ4n) is 3.28. The molecular weight excluding hydrogens is 527 g/mol. The number of phenolic OH excluding ortho intramolecular Hbond substituents is 1. The molecule has 0 aliphatic carbocycles. The van der Waals surface area contributed by atoms with Crippen molar-refractivity contribution in [2.45, 2.75) is 46.5 Å². The lowest BCUT2D eigenvalue weighted by Gasteiger charge is -2.20. The summed E-state index contributed by atoms with van der Waals surface area (Å²) in [4.78, 5) is 26.1. The van der Waals surface area contributed by atoms with Gasteiger partial charge in [0.1, 0.15) is 23.7 Å². The molecule has 1 heterocycles. The van der Waals surface area contributed by atoms with Gasteiger partial charge >= 0.3 is 12.1 Å². The number of benzene rings is 2. The van der Waals surface area contributed by atoms with E-state index in [-0.39, 0.29) is 30.8 Å². The number of ether oxygens (including phenoxy) is 1. The van der Waals surface area contributed by atoms with Crippen molar-refractivity contribution in [3.05, 3.63) is 75.8 Å². The highest BCUT2D eigenvalue weighted by Crippen LogP contribution is 2.44. The predicted molar refractivity (Wildman–Crippen MR) is 135 cm³/mol. The minimum atomic E-state index is -4.91. The highest BCUT2D eigenvalue weighted by molar-refractivity contribution is 6.31. The first-order valence-electron chi connectivity index (χ1n) is 11.3. The first kappa shape index (κ1) is 30.7. The molecule has 0 bridgehead atoms. The number of carbonyl (C=O) groups is 2. The Morgan fingerprint density at radius 2 is 1.82 bits per heavy atom. The van der Waals surface area contributed by atoms with Gasteiger partial charge in [-0.15, -0.1) is 0 Å². The number of carbonyl (C=O) groups excluding carboxylic acids is 1. The molecule has 4 N–H and O–H groups in total. The Morgan fingerprint density at radius 3 is 2.26 bits per heavy atom. The molecule has 12 heteroatoms. The average Bonchev–Trinajstić information content (AvgIpc) is 3.23. The van der Waals surface area contributed by atoms with Crippen molar-refractivity contribution >= 4 is 23.4 Å². The van der Waals surface area contributed by atoms with Crippen LogP contribution in [0.3, 0.4) is 0 Å². The third kappa shape index (κ3) is 8.49. The molecule has 0 amide bonds. The summed E-state index contributed by atoms with van der Waals surface area (Å²) in [5.74, 6) is -3.28. The minimum Gasteiger partial charge on any atom is -0.506 e. The molecule has 8 nitrogen and oxygen atoms in total. The van der Waals surface area contributed by atoms with E-state index in [1.165, 1.54) is 12.5 Å². The van der Waals surface area contributed by atoms with Crippen LogP contribution >= 0.6 is 11.6 Å². The molecule has 0 saturated carbocycles. The molecule has 0 aliphatic rings. The van der Waals surface area contributed by atoms with Crippen LogP contribution in [-0.4, -0.2) is 31.5 Å². The van der Waals surface area contributed by atoms with Gasteiger partial charge in [-0.25, -0.2) is 9.78 Å². The number of carboxylic acids is 1. The summed E-state index contributed by atoms with van der Waals surface area (Å²) >= 11 is 6.11. The van der Waals surface area contributed by atoms with Crippen LogP contribution in [0.5, 0.6) is 11.5 Å². The second-order valence-corrected chi connectivity index (χ2v) is 10.0. The monoisotopic (exact) mass is 555 g/mol. The molecule has 2 aromatic carbocycles. The number of carboxylic acid groups (broad SMARTS) is 1. The first-order chi connectivity index (χ1) is 17.5. The molecule has 0 unspecified atom stereocenters. The number of imidazole rings is 1. The second kappa shape index (κ2) is 12.3. The van der Waals surface area contributed by atoms with Crippen molar-refractivity contribution in [1.29, 1.82) is 0 Å². The maximum absolute atomic E-state index is 13.6. The van der Waals surface area contributed by atoms with Gasteiger partial charge < -0.3 is 25.3 Å². The van der Waals surface area contributed by atoms with Crippen LogP contribution in [0, 0.1) is 5.41 Å². The van der Waals surface area contributed by atoms with Gasteiger partial charge in [0.15, 0.2) is 11.5 Å². The number of hydrogen-bond donors (Lipinski definition) is 3. The zero-order valence-electron chi connectivity index (χ0n) is 21.3. The molecular formula is C26H29ClF3N3O5. The standard InChI is InChI=1S/C21H23ClF3NO3.C5H6N2O2/c1-20(2,3)9-16(27)14-6-7-17(18(19(14)28)21(23,24)25)29-11-13-5-4-12(10-26)8-15(13)22;1-7-2-4(5(8)9)6-3-7/h4-8,28H,9-11,26H2,1-3H3;2-3H,1H3,(H,8,9). The van der Waals surface area contributed by atoms with Crippen LogP contribution in [-0.2, 0) is 26.4 Å². The smallest absolute Gasteiger partial charge is 0.423 e. The van der Waals surface area contributed by atoms with Gasteiger partial charge in [-0.3, -0.25) is 4.79 Å². The third-order valence-electron chi connectivity index (χ3n) is 5.07. The van der Waals surface area contributed by atoms with Gasteiger partial charge in [-0.1, -0.05) is 44.5 Å². The summed E-state index contributed by atoms with van der Waals surface area (Å²) in [7, 11) is 1.72. The lowest BCUT2D eigenvalue weighted by Crippen LogP contribution is -2.16. The van der Waals surface area contributed by atoms with Crippen LogP contribution in [0.2, 0.25) is 5.02 Å². The number of ketones is 1. The van der Waals surface area contributed by atoms with E-state index in [0.29, 0.717) is 10.6 Å². The van der Waals surface area contributed by atoms with Gasteiger partial charge in [0, 0.05) is 36.8 Å². The molecule has 3 rings (SSSR count). The number of alkyl halides is 3. The summed E-state index contributed by atoms with van der Waals surface area (Å²) in [5.41, 5.74) is 4.63. The van der Waals surface area contributed by atoms with E-state index in [9.17, 15) is 27.9 Å². The van der Waals surface area contributed by atoms with Crippen molar-refractivity contribution < 1.29 is 37.7 Å². The molecule has 0 fully saturated rings. The number of aromatic hydroxyl groups is 1. The molecule has 0 atom stereocenters. The van der Waals surface area contributed by atoms with Crippen LogP contribution in [0.25, 0.3) is 0 Å². The Labute approximate surface area is 222 Å². The molecule has 0 radical (unpaired) electrons. The predicted octanol–water partition coefficient (Wildman–Crippen LogP) is 5.84. The third-order valence-corrected chi connectivity index (χ3v) is 5.43. The van der Waals surface area contributed by atoms with Gasteiger partial charge in [-0.2, -0.15) is 13.2 Å². The number of nitrogens with two attached hydrogens (primary N) is 1. The number of aryl methyl sites for hydroxylation is 1. The zero-order chi connectivity index (χ0) is 28.8. The fraction of sp³-hybridized carbons (Fsp3) is 0.346. The van der Waals surface area contributed by atoms with Crippen LogP contribution in [0.15, 0.2) is 42.9 Å². The largest absolute Gasteiger partial charge is 0.506 e. The number of halogens is 4. The number of rotatable bonds is 7. The van der Waals surface area contributed by atoms with Crippen molar-refractivity contribution in [1.82, 2.24) is 9.55 Å². The van der Waals surface area contributed by atoms with Crippen molar-refractivity contribution in [2.24, 2.45) is 18.2 Å². The molecule has 0 saturated heterocycles. The molecule has 0 spiro atoms. The Balaban J connectivity index is 0.000000474. The van der Waals surface area contributed by atoms with E-state index in [4.69, 9.17) is 27.2 Å². The maximum atomic E-state index is 13.6. The molecule has 1 aromatic heterocycles. The number of aromatic carboxylic acids is 1. The first-order valence-corrected chi connectivity index (χ1v) is 11.7. The lowest BCUT2D eigenvalue weighted by atomic mass is 9.87. The van der Waals surface area contributed by atoms with Crippen molar-refractivity contribution in [3.8, 4) is 11.5 Å². The maximum Gasteiger partial charge on any atom is 0.423 e. The minimum absolute atomic E-state index is 0.0127. The van der Waals surface area contributed by atoms with Gasteiger partial charge in [-0.05, 0) is 29.2 Å². The Hall–Kier alpha value is -3.57. The zero-order valence-corrected chi connectivity index (χ0v) is 22.0. The van der Waals surface area contributed by atoms with E-state index in [2.05, 4.69) is 4.98 Å². The van der Waals surface area contributed by atoms with Gasteiger partial charge in [0.05, 0.1) is 11.9 Å². The van der Waals surface area contributed by atoms with E-state index in [1.807, 2.05) is 0 Å². The molecule has 206 valence electrons. The summed E-state index contributed by atoms with van der Waals surface area (Å²) < 4.78 is 47.7. The Kier molecular flexibility index (Phi) is 9.93. The van der Waals surface area contributed by atoms with E-state index in [0.717, 1.165) is 17.7 Å². The lowest BCUT2D eigenvalue weighted by molar-refractivity contribution is -0.140. The normalized spacial score (nSPS) is 11.5. The highest BCUT2D eigenvalue weighted by atomic mass is 35.5. The molecule has 0 aliphatic heterocycles. The van der Waals surface area contributed by atoms with Crippen LogP contribution < -0.4 is 10.5 Å². The van der Waals surface area contributed by atoms with Gasteiger partial charge in [0.2, 0.25) is 0 Å². The van der Waals surface area contributed by atoms with Crippen LogP contribution in [0.4, 0.5) is 13.2 Å².